The van der Waals surface area contributed by atoms with Gasteiger partial charge in [-0.2, -0.15) is 0 Å². The summed E-state index contributed by atoms with van der Waals surface area (Å²) in [5.74, 6) is 0.552. The molecule has 0 bridgehead atoms. The Morgan fingerprint density at radius 3 is 2.63 bits per heavy atom. The Kier molecular flexibility index (Phi) is 10.8. The minimum absolute atomic E-state index is 0.0520. The number of hydrogen-bond acceptors (Lipinski definition) is 7. The van der Waals surface area contributed by atoms with Crippen LogP contribution in [0.2, 0.25) is 0 Å². The van der Waals surface area contributed by atoms with Crippen molar-refractivity contribution >= 4 is 33.4 Å². The molecule has 3 N–H and O–H groups in total. The Labute approximate surface area is 247 Å². The molecule has 3 aromatic carbocycles. The number of azide groups is 1. The molecule has 0 fully saturated rings. The molecular weight excluding hydrogens is 588 g/mol. The average molecular weight is 622 g/mol. The number of amides is 1. The van der Waals surface area contributed by atoms with Crippen molar-refractivity contribution in [2.45, 2.75) is 44.2 Å². The predicted octanol–water partition coefficient (Wildman–Crippen LogP) is 6.07. The summed E-state index contributed by atoms with van der Waals surface area (Å²) >= 11 is 3.63. The molecule has 11 heteroatoms. The highest BCUT2D eigenvalue weighted by Crippen LogP contribution is 2.45. The number of nitrogens with one attached hydrogen (secondary N) is 2. The SMILES string of the molecule is CCCCNNC(=O)[C@@]1(Cc2ccccc2Br)N=C(c2ccc(OCCCO)cc2)O[C@H]1c1ccccc1N=[N+]=[N-]. The molecule has 41 heavy (non-hydrogen) atoms. The summed E-state index contributed by atoms with van der Waals surface area (Å²) < 4.78 is 13.0. The number of aliphatic hydroxyl groups is 1. The highest BCUT2D eigenvalue weighted by Gasteiger charge is 2.54. The lowest BCUT2D eigenvalue weighted by molar-refractivity contribution is -0.130. The first kappa shape index (κ1) is 30.1. The van der Waals surface area contributed by atoms with Crippen LogP contribution < -0.4 is 15.6 Å². The molecule has 0 unspecified atom stereocenters. The highest BCUT2D eigenvalue weighted by molar-refractivity contribution is 9.10. The summed E-state index contributed by atoms with van der Waals surface area (Å²) in [7, 11) is 0. The highest BCUT2D eigenvalue weighted by atomic mass is 79.9. The Bertz CT molecular complexity index is 1410. The second-order valence-electron chi connectivity index (χ2n) is 9.54. The normalized spacial score (nSPS) is 17.7. The van der Waals surface area contributed by atoms with E-state index in [4.69, 9.17) is 19.6 Å². The average Bonchev–Trinajstić information content (AvgIpc) is 3.37. The van der Waals surface area contributed by atoms with E-state index in [1.807, 2.05) is 42.5 Å². The van der Waals surface area contributed by atoms with Crippen LogP contribution in [0.3, 0.4) is 0 Å². The number of unbranched alkanes of at least 4 members (excludes halogenated alkanes) is 1. The molecule has 0 aliphatic carbocycles. The molecular formula is C30H33BrN6O4. The summed E-state index contributed by atoms with van der Waals surface area (Å²) in [6, 6.07) is 21.9. The Morgan fingerprint density at radius 2 is 1.90 bits per heavy atom. The summed E-state index contributed by atoms with van der Waals surface area (Å²) in [6.45, 7) is 3.12. The number of carbonyl (C=O) groups is 1. The van der Waals surface area contributed by atoms with Gasteiger partial charge in [-0.15, -0.1) is 0 Å². The van der Waals surface area contributed by atoms with Crippen molar-refractivity contribution in [2.24, 2.45) is 10.1 Å². The van der Waals surface area contributed by atoms with Gasteiger partial charge >= 0.3 is 0 Å². The molecule has 1 heterocycles. The smallest absolute Gasteiger partial charge is 0.266 e. The quantitative estimate of drug-likeness (QED) is 0.0659. The van der Waals surface area contributed by atoms with E-state index in [9.17, 15) is 10.3 Å². The molecule has 1 amide bonds. The lowest BCUT2D eigenvalue weighted by Gasteiger charge is -2.31. The molecule has 1 aliphatic heterocycles. The minimum atomic E-state index is -1.45. The Balaban J connectivity index is 1.81. The molecule has 214 valence electrons. The van der Waals surface area contributed by atoms with Crippen LogP contribution in [0, 0.1) is 0 Å². The zero-order chi connectivity index (χ0) is 29.1. The summed E-state index contributed by atoms with van der Waals surface area (Å²) in [4.78, 5) is 22.2. The van der Waals surface area contributed by atoms with Gasteiger partial charge in [-0.25, -0.2) is 10.4 Å². The summed E-state index contributed by atoms with van der Waals surface area (Å²) in [6.07, 6.45) is 1.69. The third-order valence-corrected chi connectivity index (χ3v) is 7.45. The maximum Gasteiger partial charge on any atom is 0.266 e. The Morgan fingerprint density at radius 1 is 1.15 bits per heavy atom. The third-order valence-electron chi connectivity index (χ3n) is 6.68. The number of aliphatic imine (C=N–C) groups is 1. The lowest BCUT2D eigenvalue weighted by atomic mass is 9.81. The van der Waals surface area contributed by atoms with E-state index in [0.717, 1.165) is 22.9 Å². The number of aliphatic hydroxyl groups excluding tert-OH is 1. The second kappa shape index (κ2) is 14.7. The first-order valence-electron chi connectivity index (χ1n) is 13.5. The fraction of sp³-hybridized carbons (Fsp3) is 0.333. The number of benzene rings is 3. The molecule has 3 aromatic rings. The number of halogens is 1. The van der Waals surface area contributed by atoms with E-state index < -0.39 is 11.6 Å². The molecule has 0 aromatic heterocycles. The van der Waals surface area contributed by atoms with Crippen molar-refractivity contribution in [1.29, 1.82) is 0 Å². The van der Waals surface area contributed by atoms with Crippen molar-refractivity contribution in [1.82, 2.24) is 10.9 Å². The van der Waals surface area contributed by atoms with Gasteiger partial charge in [-0.1, -0.05) is 76.9 Å². The van der Waals surface area contributed by atoms with Gasteiger partial charge in [-0.05, 0) is 47.8 Å². The molecule has 2 atom stereocenters. The molecule has 10 nitrogen and oxygen atoms in total. The van der Waals surface area contributed by atoms with Crippen molar-refractivity contribution in [3.8, 4) is 5.75 Å². The monoisotopic (exact) mass is 620 g/mol. The Hall–Kier alpha value is -3.89. The maximum absolute atomic E-state index is 14.2. The van der Waals surface area contributed by atoms with Crippen LogP contribution in [0.15, 0.2) is 87.4 Å². The third kappa shape index (κ3) is 7.25. The maximum atomic E-state index is 14.2. The van der Waals surface area contributed by atoms with Gasteiger partial charge in [0.25, 0.3) is 5.91 Å². The topological polar surface area (TPSA) is 141 Å². The molecule has 0 radical (unpaired) electrons. The van der Waals surface area contributed by atoms with Crippen LogP contribution in [-0.4, -0.2) is 42.2 Å². The fourth-order valence-corrected chi connectivity index (χ4v) is 4.98. The van der Waals surface area contributed by atoms with E-state index in [2.05, 4.69) is 43.7 Å². The minimum Gasteiger partial charge on any atom is -0.494 e. The molecule has 0 saturated heterocycles. The number of hydrazine groups is 1. The first-order chi connectivity index (χ1) is 20.0. The fourth-order valence-electron chi connectivity index (χ4n) is 4.56. The van der Waals surface area contributed by atoms with Crippen molar-refractivity contribution in [2.75, 3.05) is 19.8 Å². The van der Waals surface area contributed by atoms with Gasteiger partial charge in [0, 0.05) is 52.2 Å². The second-order valence-corrected chi connectivity index (χ2v) is 10.4. The van der Waals surface area contributed by atoms with E-state index in [-0.39, 0.29) is 24.8 Å². The van der Waals surface area contributed by atoms with Crippen LogP contribution in [-0.2, 0) is 16.0 Å². The van der Waals surface area contributed by atoms with Crippen molar-refractivity contribution in [3.63, 3.8) is 0 Å². The summed E-state index contributed by atoms with van der Waals surface area (Å²) in [5.41, 5.74) is 16.1. The largest absolute Gasteiger partial charge is 0.494 e. The number of carbonyl (C=O) groups excluding carboxylic acids is 1. The van der Waals surface area contributed by atoms with E-state index in [1.165, 1.54) is 0 Å². The van der Waals surface area contributed by atoms with Gasteiger partial charge in [0.1, 0.15) is 5.75 Å². The number of nitrogens with zero attached hydrogens (tertiary/aromatic N) is 4. The van der Waals surface area contributed by atoms with Gasteiger partial charge < -0.3 is 14.6 Å². The summed E-state index contributed by atoms with van der Waals surface area (Å²) in [5, 5.41) is 12.9. The van der Waals surface area contributed by atoms with Crippen molar-refractivity contribution < 1.29 is 19.4 Å². The number of rotatable bonds is 14. The van der Waals surface area contributed by atoms with E-state index in [1.54, 1.807) is 30.3 Å². The molecule has 4 rings (SSSR count). The molecule has 1 aliphatic rings. The zero-order valence-corrected chi connectivity index (χ0v) is 24.4. The van der Waals surface area contributed by atoms with E-state index in [0.29, 0.717) is 42.1 Å². The van der Waals surface area contributed by atoms with Gasteiger partial charge in [-0.3, -0.25) is 10.2 Å². The zero-order valence-electron chi connectivity index (χ0n) is 22.8. The van der Waals surface area contributed by atoms with E-state index >= 15 is 0 Å². The van der Waals surface area contributed by atoms with Crippen molar-refractivity contribution in [3.05, 3.63) is 104 Å². The number of hydrogen-bond donors (Lipinski definition) is 3. The van der Waals surface area contributed by atoms with Crippen LogP contribution >= 0.6 is 15.9 Å². The predicted molar refractivity (Wildman–Crippen MR) is 161 cm³/mol. The molecule has 0 spiro atoms. The standard InChI is InChI=1S/C30H33BrN6O4/c1-2-3-17-33-36-29(39)30(20-22-9-4-6-11-25(22)31)27(24-10-5-7-12-26(24)35-37-32)41-28(34-30)21-13-15-23(16-14-21)40-19-8-18-38/h4-7,9-16,27,33,38H,2-3,8,17-20H2,1H3,(H,36,39)/t27-,30-/m0/s1. The van der Waals surface area contributed by atoms with Crippen LogP contribution in [0.4, 0.5) is 5.69 Å². The number of ether oxygens (including phenoxy) is 2. The molecule has 0 saturated carbocycles. The van der Waals surface area contributed by atoms with Crippen LogP contribution in [0.25, 0.3) is 10.4 Å². The lowest BCUT2D eigenvalue weighted by Crippen LogP contribution is -2.54. The first-order valence-corrected chi connectivity index (χ1v) is 14.3. The van der Waals surface area contributed by atoms with Crippen LogP contribution in [0.1, 0.15) is 49.0 Å². The van der Waals surface area contributed by atoms with Gasteiger partial charge in [0.2, 0.25) is 5.90 Å². The van der Waals surface area contributed by atoms with Gasteiger partial charge in [0.15, 0.2) is 11.6 Å². The van der Waals surface area contributed by atoms with Crippen LogP contribution in [0.5, 0.6) is 5.75 Å². The van der Waals surface area contributed by atoms with Gasteiger partial charge in [0.05, 0.1) is 6.61 Å².